The fourth-order valence-corrected chi connectivity index (χ4v) is 2.36. The quantitative estimate of drug-likeness (QED) is 0.783. The Kier molecular flexibility index (Phi) is 3.33. The second kappa shape index (κ2) is 4.11. The lowest BCUT2D eigenvalue weighted by Gasteiger charge is -2.02. The fourth-order valence-electron chi connectivity index (χ4n) is 0.858. The monoisotopic (exact) mass is 264 g/mol. The minimum atomic E-state index is -3.19. The smallest absolute Gasteiger partial charge is 0.188 e. The number of hydrogen-bond acceptors (Lipinski definition) is 3. The Morgan fingerprint density at radius 1 is 1.46 bits per heavy atom. The number of sulfone groups is 1. The number of halogens is 1. The molecule has 72 valence electrons. The third kappa shape index (κ3) is 2.45. The van der Waals surface area contributed by atoms with E-state index in [0.29, 0.717) is 5.75 Å². The van der Waals surface area contributed by atoms with Gasteiger partial charge in [-0.05, 0) is 18.2 Å². The van der Waals surface area contributed by atoms with E-state index >= 15 is 0 Å². The molecule has 0 unspecified atom stereocenters. The fraction of sp³-hybridized carbons (Fsp3) is 0.250. The van der Waals surface area contributed by atoms with Crippen molar-refractivity contribution in [1.82, 2.24) is 0 Å². The molecule has 1 rings (SSSR count). The first-order chi connectivity index (χ1) is 6.10. The van der Waals surface area contributed by atoms with Crippen molar-refractivity contribution in [2.75, 3.05) is 11.8 Å². The summed E-state index contributed by atoms with van der Waals surface area (Å²) in [5.74, 6) is 0.544. The second-order valence-corrected chi connectivity index (χ2v) is 5.70. The van der Waals surface area contributed by atoms with Crippen LogP contribution in [0.4, 0.5) is 0 Å². The average molecular weight is 265 g/mol. The van der Waals surface area contributed by atoms with Crippen LogP contribution in [0.25, 0.3) is 0 Å². The van der Waals surface area contributed by atoms with E-state index in [1.54, 1.807) is 18.2 Å². The third-order valence-corrected chi connectivity index (χ3v) is 4.61. The molecular formula is C8H9BrO3S. The first-order valence-electron chi connectivity index (χ1n) is 3.53. The Morgan fingerprint density at radius 2 is 2.15 bits per heavy atom. The van der Waals surface area contributed by atoms with Gasteiger partial charge >= 0.3 is 0 Å². The van der Waals surface area contributed by atoms with Crippen LogP contribution in [0.2, 0.25) is 0 Å². The highest BCUT2D eigenvalue weighted by Gasteiger charge is 2.12. The number of hydrogen-bond donors (Lipinski definition) is 0. The highest BCUT2D eigenvalue weighted by atomic mass is 79.9. The molecule has 0 saturated heterocycles. The van der Waals surface area contributed by atoms with Crippen molar-refractivity contribution >= 4 is 25.8 Å². The molecule has 0 aliphatic heterocycles. The topological polar surface area (TPSA) is 43.4 Å². The van der Waals surface area contributed by atoms with E-state index in [-0.39, 0.29) is 9.56 Å². The molecule has 1 aromatic carbocycles. The van der Waals surface area contributed by atoms with Crippen LogP contribution in [0.5, 0.6) is 5.75 Å². The van der Waals surface area contributed by atoms with Crippen LogP contribution >= 0.6 is 15.9 Å². The Bertz CT molecular complexity index is 386. The minimum Gasteiger partial charge on any atom is -0.497 e. The number of ether oxygens (including phenoxy) is 1. The molecule has 5 heteroatoms. The van der Waals surface area contributed by atoms with Crippen molar-refractivity contribution in [2.24, 2.45) is 0 Å². The van der Waals surface area contributed by atoms with Gasteiger partial charge in [0.05, 0.1) is 12.0 Å². The van der Waals surface area contributed by atoms with Gasteiger partial charge < -0.3 is 4.74 Å². The van der Waals surface area contributed by atoms with Gasteiger partial charge in [0, 0.05) is 0 Å². The largest absolute Gasteiger partial charge is 0.497 e. The molecule has 0 aliphatic carbocycles. The maximum absolute atomic E-state index is 11.4. The highest BCUT2D eigenvalue weighted by Crippen LogP contribution is 2.18. The molecule has 0 bridgehead atoms. The lowest BCUT2D eigenvalue weighted by molar-refractivity contribution is 0.413. The van der Waals surface area contributed by atoms with Gasteiger partial charge in [-0.15, -0.1) is 0 Å². The van der Waals surface area contributed by atoms with E-state index in [9.17, 15) is 8.42 Å². The van der Waals surface area contributed by atoms with Gasteiger partial charge in [-0.3, -0.25) is 0 Å². The lowest BCUT2D eigenvalue weighted by Crippen LogP contribution is -2.01. The second-order valence-electron chi connectivity index (χ2n) is 2.40. The lowest BCUT2D eigenvalue weighted by atomic mass is 10.3. The van der Waals surface area contributed by atoms with Gasteiger partial charge in [-0.1, -0.05) is 22.0 Å². The molecule has 0 saturated carbocycles. The Balaban J connectivity index is 3.17. The molecule has 0 atom stereocenters. The molecule has 0 spiro atoms. The maximum Gasteiger partial charge on any atom is 0.188 e. The summed E-state index contributed by atoms with van der Waals surface area (Å²) in [6.07, 6.45) is 0. The number of methoxy groups -OCH3 is 1. The maximum atomic E-state index is 11.4. The van der Waals surface area contributed by atoms with Crippen LogP contribution in [-0.2, 0) is 9.84 Å². The van der Waals surface area contributed by atoms with E-state index in [2.05, 4.69) is 15.9 Å². The predicted octanol–water partition coefficient (Wildman–Crippen LogP) is 1.82. The van der Waals surface area contributed by atoms with E-state index < -0.39 is 9.84 Å². The first-order valence-corrected chi connectivity index (χ1v) is 6.30. The summed E-state index contributed by atoms with van der Waals surface area (Å²) in [5.41, 5.74) is 0. The van der Waals surface area contributed by atoms with Crippen molar-refractivity contribution < 1.29 is 13.2 Å². The summed E-state index contributed by atoms with van der Waals surface area (Å²) in [5, 5.41) is 0. The average Bonchev–Trinajstić information content (AvgIpc) is 2.18. The molecule has 0 radical (unpaired) electrons. The van der Waals surface area contributed by atoms with Crippen LogP contribution < -0.4 is 4.74 Å². The molecule has 0 amide bonds. The predicted molar refractivity (Wildman–Crippen MR) is 54.0 cm³/mol. The van der Waals surface area contributed by atoms with Gasteiger partial charge in [-0.25, -0.2) is 8.42 Å². The number of alkyl halides is 1. The van der Waals surface area contributed by atoms with E-state index in [1.807, 2.05) is 0 Å². The van der Waals surface area contributed by atoms with Crippen LogP contribution in [0.1, 0.15) is 0 Å². The van der Waals surface area contributed by atoms with Gasteiger partial charge in [0.2, 0.25) is 0 Å². The van der Waals surface area contributed by atoms with Crippen molar-refractivity contribution in [3.05, 3.63) is 24.3 Å². The van der Waals surface area contributed by atoms with Crippen molar-refractivity contribution in [1.29, 1.82) is 0 Å². The highest BCUT2D eigenvalue weighted by molar-refractivity contribution is 9.10. The zero-order chi connectivity index (χ0) is 9.90. The summed E-state index contributed by atoms with van der Waals surface area (Å²) in [4.78, 5) is 0.267. The third-order valence-electron chi connectivity index (χ3n) is 1.54. The summed E-state index contributed by atoms with van der Waals surface area (Å²) < 4.78 is 27.6. The molecule has 0 aromatic heterocycles. The number of benzene rings is 1. The minimum absolute atomic E-state index is 0.0762. The van der Waals surface area contributed by atoms with Crippen molar-refractivity contribution in [3.8, 4) is 5.75 Å². The van der Waals surface area contributed by atoms with Gasteiger partial charge in [0.15, 0.2) is 9.84 Å². The molecule has 0 heterocycles. The summed E-state index contributed by atoms with van der Waals surface area (Å²) in [6, 6.07) is 6.39. The molecule has 0 N–H and O–H groups in total. The summed E-state index contributed by atoms with van der Waals surface area (Å²) in [7, 11) is -1.69. The molecule has 13 heavy (non-hydrogen) atoms. The van der Waals surface area contributed by atoms with Crippen molar-refractivity contribution in [3.63, 3.8) is 0 Å². The van der Waals surface area contributed by atoms with E-state index in [4.69, 9.17) is 4.74 Å². The van der Waals surface area contributed by atoms with E-state index in [0.717, 1.165) is 0 Å². The molecule has 0 aliphatic rings. The standard InChI is InChI=1S/C8H9BrO3S/c1-12-7-3-2-4-8(5-7)13(10,11)6-9/h2-5H,6H2,1H3. The zero-order valence-electron chi connectivity index (χ0n) is 7.03. The SMILES string of the molecule is COc1cccc(S(=O)(=O)CBr)c1. The van der Waals surface area contributed by atoms with Crippen LogP contribution in [0.15, 0.2) is 29.2 Å². The van der Waals surface area contributed by atoms with Gasteiger partial charge in [-0.2, -0.15) is 0 Å². The summed E-state index contributed by atoms with van der Waals surface area (Å²) in [6.45, 7) is 0. The number of rotatable bonds is 3. The summed E-state index contributed by atoms with van der Waals surface area (Å²) >= 11 is 2.93. The normalized spacial score (nSPS) is 11.2. The molecule has 3 nitrogen and oxygen atoms in total. The molecule has 1 aromatic rings. The van der Waals surface area contributed by atoms with E-state index in [1.165, 1.54) is 13.2 Å². The molecular weight excluding hydrogens is 256 g/mol. The van der Waals surface area contributed by atoms with Gasteiger partial charge in [0.1, 0.15) is 10.4 Å². The zero-order valence-corrected chi connectivity index (χ0v) is 9.43. The van der Waals surface area contributed by atoms with Crippen molar-refractivity contribution in [2.45, 2.75) is 4.90 Å². The van der Waals surface area contributed by atoms with Gasteiger partial charge in [0.25, 0.3) is 0 Å². The van der Waals surface area contributed by atoms with Crippen LogP contribution in [0, 0.1) is 0 Å². The van der Waals surface area contributed by atoms with Crippen LogP contribution in [-0.4, -0.2) is 20.2 Å². The first kappa shape index (κ1) is 10.5. The Labute approximate surface area is 85.8 Å². The molecule has 0 fully saturated rings. The Morgan fingerprint density at radius 3 is 2.69 bits per heavy atom. The Hall–Kier alpha value is -0.550. The van der Waals surface area contributed by atoms with Crippen LogP contribution in [0.3, 0.4) is 0 Å².